The summed E-state index contributed by atoms with van der Waals surface area (Å²) in [5, 5.41) is 9.27. The molecule has 0 bridgehead atoms. The van der Waals surface area contributed by atoms with Crippen molar-refractivity contribution in [2.45, 2.75) is 66.0 Å². The third-order valence-corrected chi connectivity index (χ3v) is 5.34. The van der Waals surface area contributed by atoms with Gasteiger partial charge in [0.05, 0.1) is 52.2 Å². The van der Waals surface area contributed by atoms with Gasteiger partial charge in [-0.15, -0.1) is 0 Å². The molecule has 0 saturated carbocycles. The Hall–Kier alpha value is -1.59. The van der Waals surface area contributed by atoms with Crippen LogP contribution in [-0.2, 0) is 42.8 Å². The molecule has 0 spiro atoms. The molecule has 2 fully saturated rings. The number of rotatable bonds is 12. The van der Waals surface area contributed by atoms with E-state index in [2.05, 4.69) is 0 Å². The molecule has 1 N–H and O–H groups in total. The van der Waals surface area contributed by atoms with Gasteiger partial charge < -0.3 is 38.3 Å². The molecular formula is C24H42O10. The Kier molecular flexibility index (Phi) is 15.9. The molecule has 2 aliphatic rings. The van der Waals surface area contributed by atoms with Crippen molar-refractivity contribution in [3.63, 3.8) is 0 Å². The topological polar surface area (TPSA) is 127 Å². The van der Waals surface area contributed by atoms with E-state index in [1.54, 1.807) is 13.8 Å². The Morgan fingerprint density at radius 1 is 0.853 bits per heavy atom. The Balaban J connectivity index is 0.000000340. The van der Waals surface area contributed by atoms with Crippen LogP contribution in [0.4, 0.5) is 0 Å². The van der Waals surface area contributed by atoms with Gasteiger partial charge in [0, 0.05) is 30.6 Å². The molecule has 2 heterocycles. The molecule has 0 aromatic carbocycles. The highest BCUT2D eigenvalue weighted by Gasteiger charge is 2.29. The molecule has 0 aliphatic carbocycles. The average molecular weight is 491 g/mol. The van der Waals surface area contributed by atoms with Gasteiger partial charge >= 0.3 is 11.9 Å². The van der Waals surface area contributed by atoms with Gasteiger partial charge in [0.2, 0.25) is 0 Å². The summed E-state index contributed by atoms with van der Waals surface area (Å²) in [4.78, 5) is 33.3. The second-order valence-electron chi connectivity index (χ2n) is 8.71. The van der Waals surface area contributed by atoms with E-state index in [1.165, 1.54) is 0 Å². The number of hydrogen-bond acceptors (Lipinski definition) is 10. The highest BCUT2D eigenvalue weighted by atomic mass is 16.7. The van der Waals surface area contributed by atoms with Crippen LogP contribution in [0, 0.1) is 23.7 Å². The molecular weight excluding hydrogens is 448 g/mol. The average Bonchev–Trinajstić information content (AvgIpc) is 2.83. The smallest absolute Gasteiger partial charge is 0.305 e. The summed E-state index contributed by atoms with van der Waals surface area (Å²) in [6.45, 7) is 10.8. The van der Waals surface area contributed by atoms with E-state index in [1.807, 2.05) is 13.8 Å². The van der Waals surface area contributed by atoms with Crippen molar-refractivity contribution in [1.82, 2.24) is 0 Å². The fourth-order valence-electron chi connectivity index (χ4n) is 3.38. The molecule has 0 aromatic heterocycles. The van der Waals surface area contributed by atoms with E-state index in [4.69, 9.17) is 28.4 Å². The number of aliphatic hydroxyl groups is 1. The van der Waals surface area contributed by atoms with Gasteiger partial charge in [-0.2, -0.15) is 0 Å². The number of aldehydes is 1. The van der Waals surface area contributed by atoms with Crippen molar-refractivity contribution in [2.24, 2.45) is 23.7 Å². The Labute approximate surface area is 202 Å². The van der Waals surface area contributed by atoms with Crippen molar-refractivity contribution >= 4 is 18.2 Å². The van der Waals surface area contributed by atoms with Crippen molar-refractivity contribution in [2.75, 3.05) is 46.2 Å². The summed E-state index contributed by atoms with van der Waals surface area (Å²) < 4.78 is 31.5. The summed E-state index contributed by atoms with van der Waals surface area (Å²) in [6.07, 6.45) is 1.31. The largest absolute Gasteiger partial charge is 0.466 e. The maximum atomic E-state index is 11.2. The number of carbonyl (C=O) groups excluding carboxylic acids is 3. The molecule has 198 valence electrons. The second kappa shape index (κ2) is 17.8. The predicted molar refractivity (Wildman–Crippen MR) is 122 cm³/mol. The van der Waals surface area contributed by atoms with Crippen LogP contribution in [-0.4, -0.2) is 82.2 Å². The van der Waals surface area contributed by atoms with Crippen LogP contribution in [0.3, 0.4) is 0 Å². The van der Waals surface area contributed by atoms with Crippen molar-refractivity contribution in [3.8, 4) is 0 Å². The Bertz CT molecular complexity index is 568. The maximum Gasteiger partial charge on any atom is 0.305 e. The van der Waals surface area contributed by atoms with Crippen LogP contribution in [0.5, 0.6) is 0 Å². The predicted octanol–water partition coefficient (Wildman–Crippen LogP) is 2.10. The van der Waals surface area contributed by atoms with Gasteiger partial charge in [0.25, 0.3) is 0 Å². The molecule has 2 atom stereocenters. The van der Waals surface area contributed by atoms with Crippen LogP contribution in [0.2, 0.25) is 0 Å². The number of ether oxygens (including phenoxy) is 6. The highest BCUT2D eigenvalue weighted by molar-refractivity contribution is 5.70. The van der Waals surface area contributed by atoms with E-state index in [9.17, 15) is 19.5 Å². The molecule has 0 radical (unpaired) electrons. The first-order valence-corrected chi connectivity index (χ1v) is 12.2. The van der Waals surface area contributed by atoms with Crippen LogP contribution in [0.25, 0.3) is 0 Å². The van der Waals surface area contributed by atoms with E-state index in [0.717, 1.165) is 6.29 Å². The monoisotopic (exact) mass is 490 g/mol. The van der Waals surface area contributed by atoms with E-state index >= 15 is 0 Å². The molecule has 10 heteroatoms. The number of hydrogen-bond donors (Lipinski definition) is 1. The minimum atomic E-state index is -0.516. The zero-order valence-corrected chi connectivity index (χ0v) is 20.9. The van der Waals surface area contributed by atoms with Gasteiger partial charge in [-0.05, 0) is 26.7 Å². The Morgan fingerprint density at radius 2 is 1.29 bits per heavy atom. The lowest BCUT2D eigenvalue weighted by molar-refractivity contribution is -0.227. The molecule has 34 heavy (non-hydrogen) atoms. The Morgan fingerprint density at radius 3 is 1.71 bits per heavy atom. The van der Waals surface area contributed by atoms with Crippen molar-refractivity contribution in [3.05, 3.63) is 0 Å². The fourth-order valence-corrected chi connectivity index (χ4v) is 3.38. The molecule has 2 aliphatic heterocycles. The van der Waals surface area contributed by atoms with Crippen LogP contribution >= 0.6 is 0 Å². The first-order valence-electron chi connectivity index (χ1n) is 12.2. The summed E-state index contributed by atoms with van der Waals surface area (Å²) in [6, 6.07) is 0. The van der Waals surface area contributed by atoms with Crippen LogP contribution < -0.4 is 0 Å². The van der Waals surface area contributed by atoms with Crippen LogP contribution in [0.1, 0.15) is 53.4 Å². The number of esters is 2. The zero-order chi connectivity index (χ0) is 25.3. The lowest BCUT2D eigenvalue weighted by Gasteiger charge is -2.32. The highest BCUT2D eigenvalue weighted by Crippen LogP contribution is 2.22. The van der Waals surface area contributed by atoms with Crippen LogP contribution in [0.15, 0.2) is 0 Å². The number of aliphatic hydroxyl groups excluding tert-OH is 1. The van der Waals surface area contributed by atoms with Gasteiger partial charge in [0.1, 0.15) is 6.29 Å². The van der Waals surface area contributed by atoms with Crippen molar-refractivity contribution in [1.29, 1.82) is 0 Å². The summed E-state index contributed by atoms with van der Waals surface area (Å²) >= 11 is 0. The third kappa shape index (κ3) is 12.2. The molecule has 2 saturated heterocycles. The molecule has 0 amide bonds. The SMILES string of the molecule is CCOC(=O)CCC(C=O)C1OCC(C)CO1.CCOC(=O)CCC(CO)C1OCC(C)CO1. The summed E-state index contributed by atoms with van der Waals surface area (Å²) in [5.41, 5.74) is 0. The molecule has 2 rings (SSSR count). The van der Waals surface area contributed by atoms with Gasteiger partial charge in [-0.3, -0.25) is 9.59 Å². The van der Waals surface area contributed by atoms with Gasteiger partial charge in [0.15, 0.2) is 12.6 Å². The third-order valence-electron chi connectivity index (χ3n) is 5.34. The first kappa shape index (κ1) is 30.4. The lowest BCUT2D eigenvalue weighted by Crippen LogP contribution is -2.37. The van der Waals surface area contributed by atoms with E-state index < -0.39 is 18.5 Å². The van der Waals surface area contributed by atoms with Crippen molar-refractivity contribution < 1.29 is 47.9 Å². The fraction of sp³-hybridized carbons (Fsp3) is 0.875. The minimum Gasteiger partial charge on any atom is -0.466 e. The van der Waals surface area contributed by atoms with E-state index in [0.29, 0.717) is 64.3 Å². The molecule has 2 unspecified atom stereocenters. The standard InChI is InChI=1S/C12H22O5.C12H20O5/c2*1-3-15-11(14)5-4-10(6-13)12-16-7-9(2)8-17-12/h9-10,12-13H,3-8H2,1-2H3;6,9-10,12H,3-5,7-8H2,1-2H3. The van der Waals surface area contributed by atoms with E-state index in [-0.39, 0.29) is 37.3 Å². The quantitative estimate of drug-likeness (QED) is 0.321. The molecule has 10 nitrogen and oxygen atoms in total. The maximum absolute atomic E-state index is 11.2. The van der Waals surface area contributed by atoms with Gasteiger partial charge in [-0.1, -0.05) is 13.8 Å². The summed E-state index contributed by atoms with van der Waals surface area (Å²) in [5.74, 6) is -0.350. The second-order valence-corrected chi connectivity index (χ2v) is 8.71. The zero-order valence-electron chi connectivity index (χ0n) is 20.9. The first-order chi connectivity index (χ1) is 16.3. The normalized spacial score (nSPS) is 26.4. The lowest BCUT2D eigenvalue weighted by atomic mass is 10.0. The number of carbonyl (C=O) groups is 3. The summed E-state index contributed by atoms with van der Waals surface area (Å²) in [7, 11) is 0. The minimum absolute atomic E-state index is 0.0432. The van der Waals surface area contributed by atoms with Gasteiger partial charge in [-0.25, -0.2) is 0 Å². The molecule has 0 aromatic rings.